The molecule has 1 aliphatic rings. The molecule has 1 fully saturated rings. The molecule has 2 aromatic carbocycles. The molecule has 2 unspecified atom stereocenters. The summed E-state index contributed by atoms with van der Waals surface area (Å²) in [6.07, 6.45) is 3.36. The third-order valence-electron chi connectivity index (χ3n) is 4.96. The van der Waals surface area contributed by atoms with Gasteiger partial charge in [0.25, 0.3) is 0 Å². The molecule has 0 radical (unpaired) electrons. The van der Waals surface area contributed by atoms with Crippen molar-refractivity contribution < 1.29 is 5.11 Å². The molecule has 3 rings (SSSR count). The Morgan fingerprint density at radius 3 is 2.80 bits per heavy atom. The van der Waals surface area contributed by atoms with Crippen LogP contribution in [0.2, 0.25) is 0 Å². The minimum Gasteiger partial charge on any atom is -0.508 e. The van der Waals surface area contributed by atoms with E-state index in [1.165, 1.54) is 18.4 Å². The first kappa shape index (κ1) is 18.4. The number of benzene rings is 2. The molecule has 2 aromatic rings. The van der Waals surface area contributed by atoms with Crippen LogP contribution in [-0.4, -0.2) is 29.1 Å². The Balaban J connectivity index is 1.63. The Morgan fingerprint density at radius 1 is 1.24 bits per heavy atom. The number of likely N-dealkylation sites (tertiary alicyclic amines) is 1. The Kier molecular flexibility index (Phi) is 6.51. The topological polar surface area (TPSA) is 35.5 Å². The summed E-state index contributed by atoms with van der Waals surface area (Å²) in [5, 5.41) is 14.0. The van der Waals surface area contributed by atoms with E-state index in [4.69, 9.17) is 0 Å². The van der Waals surface area contributed by atoms with Crippen molar-refractivity contribution in [3.8, 4) is 5.75 Å². The van der Waals surface area contributed by atoms with E-state index in [2.05, 4.69) is 63.4 Å². The Bertz CT molecular complexity index is 677. The van der Waals surface area contributed by atoms with E-state index in [9.17, 15) is 5.11 Å². The van der Waals surface area contributed by atoms with Crippen molar-refractivity contribution in [2.75, 3.05) is 13.1 Å². The first-order valence-electron chi connectivity index (χ1n) is 9.16. The van der Waals surface area contributed by atoms with Gasteiger partial charge in [0.2, 0.25) is 0 Å². The zero-order valence-corrected chi connectivity index (χ0v) is 16.4. The van der Waals surface area contributed by atoms with Crippen molar-refractivity contribution in [3.05, 3.63) is 64.1 Å². The predicted molar refractivity (Wildman–Crippen MR) is 107 cm³/mol. The summed E-state index contributed by atoms with van der Waals surface area (Å²) in [4.78, 5) is 2.53. The highest BCUT2D eigenvalue weighted by Gasteiger charge is 2.23. The summed E-state index contributed by atoms with van der Waals surface area (Å²) < 4.78 is 1.01. The first-order chi connectivity index (χ1) is 12.2. The molecule has 1 saturated heterocycles. The molecule has 0 bridgehead atoms. The summed E-state index contributed by atoms with van der Waals surface area (Å²) in [5.41, 5.74) is 2.36. The number of nitrogens with one attached hydrogen (secondary N) is 1. The Morgan fingerprint density at radius 2 is 2.04 bits per heavy atom. The van der Waals surface area contributed by atoms with E-state index in [0.717, 1.165) is 36.1 Å². The second-order valence-electron chi connectivity index (χ2n) is 6.89. The molecule has 134 valence electrons. The summed E-state index contributed by atoms with van der Waals surface area (Å²) in [7, 11) is 0. The van der Waals surface area contributed by atoms with Gasteiger partial charge in [-0.15, -0.1) is 0 Å². The summed E-state index contributed by atoms with van der Waals surface area (Å²) >= 11 is 3.52. The Hall–Kier alpha value is -1.36. The number of hydrogen-bond acceptors (Lipinski definition) is 3. The maximum atomic E-state index is 10.2. The number of aromatic hydroxyl groups is 1. The van der Waals surface area contributed by atoms with Crippen LogP contribution in [-0.2, 0) is 6.54 Å². The smallest absolute Gasteiger partial charge is 0.120 e. The maximum absolute atomic E-state index is 10.2. The molecule has 1 aliphatic heterocycles. The van der Waals surface area contributed by atoms with Crippen LogP contribution >= 0.6 is 15.9 Å². The van der Waals surface area contributed by atoms with Crippen LogP contribution in [0.25, 0.3) is 0 Å². The highest BCUT2D eigenvalue weighted by atomic mass is 79.9. The van der Waals surface area contributed by atoms with Crippen molar-refractivity contribution in [3.63, 3.8) is 0 Å². The molecule has 0 amide bonds. The molecular weight excluding hydrogens is 376 g/mol. The molecular formula is C21H27BrN2O. The van der Waals surface area contributed by atoms with E-state index < -0.39 is 0 Å². The third kappa shape index (κ3) is 5.06. The second-order valence-corrected chi connectivity index (χ2v) is 7.81. The molecule has 3 nitrogen and oxygen atoms in total. The molecule has 2 N–H and O–H groups in total. The standard InChI is InChI=1S/C21H27BrN2O/c1-2-20(19-13-17(22)10-11-21(19)25)23-18-9-6-12-24(15-18)14-16-7-4-3-5-8-16/h3-5,7-8,10-11,13,18,20,23,25H,2,6,9,12,14-15H2,1H3. The second kappa shape index (κ2) is 8.84. The van der Waals surface area contributed by atoms with Gasteiger partial charge in [-0.1, -0.05) is 53.2 Å². The minimum absolute atomic E-state index is 0.180. The van der Waals surface area contributed by atoms with Gasteiger partial charge < -0.3 is 10.4 Å². The normalized spacial score (nSPS) is 19.7. The van der Waals surface area contributed by atoms with Crippen LogP contribution < -0.4 is 5.32 Å². The number of piperidine rings is 1. The van der Waals surface area contributed by atoms with Crippen LogP contribution in [0, 0.1) is 0 Å². The van der Waals surface area contributed by atoms with Crippen molar-refractivity contribution in [2.24, 2.45) is 0 Å². The third-order valence-corrected chi connectivity index (χ3v) is 5.46. The molecule has 0 saturated carbocycles. The van der Waals surface area contributed by atoms with Crippen LogP contribution in [0.15, 0.2) is 53.0 Å². The monoisotopic (exact) mass is 402 g/mol. The predicted octanol–water partition coefficient (Wildman–Crippen LogP) is 4.86. The number of phenolic OH excluding ortho intramolecular Hbond substituents is 1. The van der Waals surface area contributed by atoms with Gasteiger partial charge in [0, 0.05) is 35.2 Å². The van der Waals surface area contributed by atoms with Gasteiger partial charge in [-0.25, -0.2) is 0 Å². The van der Waals surface area contributed by atoms with Gasteiger partial charge in [-0.2, -0.15) is 0 Å². The van der Waals surface area contributed by atoms with Crippen LogP contribution in [0.3, 0.4) is 0 Å². The van der Waals surface area contributed by atoms with Gasteiger partial charge >= 0.3 is 0 Å². The Labute approximate surface area is 159 Å². The van der Waals surface area contributed by atoms with Crippen molar-refractivity contribution in [1.82, 2.24) is 10.2 Å². The zero-order chi connectivity index (χ0) is 17.6. The molecule has 2 atom stereocenters. The van der Waals surface area contributed by atoms with Gasteiger partial charge in [0.1, 0.15) is 5.75 Å². The lowest BCUT2D eigenvalue weighted by Crippen LogP contribution is -2.46. The first-order valence-corrected chi connectivity index (χ1v) is 9.95. The fourth-order valence-electron chi connectivity index (χ4n) is 3.69. The molecule has 0 spiro atoms. The average Bonchev–Trinajstić information content (AvgIpc) is 2.63. The summed E-state index contributed by atoms with van der Waals surface area (Å²) in [6, 6.07) is 17.0. The fraction of sp³-hybridized carbons (Fsp3) is 0.429. The summed E-state index contributed by atoms with van der Waals surface area (Å²) in [5.74, 6) is 0.375. The lowest BCUT2D eigenvalue weighted by molar-refractivity contribution is 0.174. The molecule has 0 aromatic heterocycles. The lowest BCUT2D eigenvalue weighted by Gasteiger charge is -2.35. The van der Waals surface area contributed by atoms with Gasteiger partial charge in [0.05, 0.1) is 0 Å². The van der Waals surface area contributed by atoms with Crippen LogP contribution in [0.1, 0.15) is 43.4 Å². The number of rotatable bonds is 6. The van der Waals surface area contributed by atoms with E-state index in [0.29, 0.717) is 11.8 Å². The van der Waals surface area contributed by atoms with Crippen molar-refractivity contribution >= 4 is 15.9 Å². The van der Waals surface area contributed by atoms with Crippen LogP contribution in [0.5, 0.6) is 5.75 Å². The van der Waals surface area contributed by atoms with Gasteiger partial charge in [-0.3, -0.25) is 4.90 Å². The van der Waals surface area contributed by atoms with E-state index >= 15 is 0 Å². The lowest BCUT2D eigenvalue weighted by atomic mass is 9.99. The summed E-state index contributed by atoms with van der Waals surface area (Å²) in [6.45, 7) is 5.40. The van der Waals surface area contributed by atoms with Crippen molar-refractivity contribution in [2.45, 2.75) is 44.8 Å². The van der Waals surface area contributed by atoms with Gasteiger partial charge in [-0.05, 0) is 49.6 Å². The van der Waals surface area contributed by atoms with E-state index in [1.807, 2.05) is 12.1 Å². The maximum Gasteiger partial charge on any atom is 0.120 e. The average molecular weight is 403 g/mol. The molecule has 1 heterocycles. The van der Waals surface area contributed by atoms with Crippen molar-refractivity contribution in [1.29, 1.82) is 0 Å². The number of nitrogens with zero attached hydrogens (tertiary/aromatic N) is 1. The van der Waals surface area contributed by atoms with E-state index in [1.54, 1.807) is 6.07 Å². The fourth-order valence-corrected chi connectivity index (χ4v) is 4.07. The molecule has 4 heteroatoms. The number of halogens is 1. The SMILES string of the molecule is CCC(NC1CCCN(Cc2ccccc2)C1)c1cc(Br)ccc1O. The quantitative estimate of drug-likeness (QED) is 0.723. The minimum atomic E-state index is 0.180. The highest BCUT2D eigenvalue weighted by Crippen LogP contribution is 2.30. The number of hydrogen-bond donors (Lipinski definition) is 2. The van der Waals surface area contributed by atoms with E-state index in [-0.39, 0.29) is 6.04 Å². The van der Waals surface area contributed by atoms with Gasteiger partial charge in [0.15, 0.2) is 0 Å². The van der Waals surface area contributed by atoms with Crippen LogP contribution in [0.4, 0.5) is 0 Å². The zero-order valence-electron chi connectivity index (χ0n) is 14.8. The largest absolute Gasteiger partial charge is 0.508 e. The molecule has 25 heavy (non-hydrogen) atoms. The highest BCUT2D eigenvalue weighted by molar-refractivity contribution is 9.10. The number of phenols is 1. The molecule has 0 aliphatic carbocycles.